The van der Waals surface area contributed by atoms with Crippen molar-refractivity contribution >= 4 is 218 Å². The summed E-state index contributed by atoms with van der Waals surface area (Å²) in [4.78, 5) is 14.1. The average molecular weight is 1260 g/mol. The molecule has 15 aromatic carbocycles. The molecule has 11 aliphatic rings. The Morgan fingerprint density at radius 3 is 1.28 bits per heavy atom. The first-order chi connectivity index (χ1) is 49.7. The molecule has 15 aromatic rings. The SMILES string of the molecule is [B]1CN2c3ccccc3B3c4cc(-c5ccccc5)ccc4N4c5ccc(-c6ccccc6)cc5B5CN6CB7c8ccccc8N8CB9c%10cc(-c%11ccccc%11)ccc%10N%10c%11ccc(-c%12ccccc%12)cc%11B%11c%12ccccc%12Nc%12c%11c%10c9c9c8c7c7c6c6c5c4c3c2c6c1c7c%129. The largest absolute Gasteiger partial charge is 0.384 e. The fourth-order valence-corrected chi connectivity index (χ4v) is 21.8. The van der Waals surface area contributed by atoms with Crippen LogP contribution in [0.25, 0.3) is 76.8 Å². The molecule has 0 bridgehead atoms. The van der Waals surface area contributed by atoms with Crippen molar-refractivity contribution in [2.24, 2.45) is 0 Å². The molecule has 0 atom stereocenters. The standard InChI is InChI=1S/C88H53B6N6/c1-5-19-49(20-6-1)53-33-37-67-60(41-53)91-47-96-46-90-58-28-14-17-31-65(58)98-48-92-61-42-54(50-21-7-2-8-22-50)34-38-68(61)99-69-39-35-55(51-23-9-3-10-24-51)43-62(69)93-57-27-13-16-30-64(57)95-83-72-71-74(78(90)86(98)75(72)79(92)87(99)81(83)93)84(96)76-73-77(71)89-45-97-66-32-18-15-29-59(66)94-63-44-56(52-25-11-4-12-26-52)36-40-70(63)100(67)88(80(76)91)82(94)85(73)97/h1-44,95H,45-48H2. The summed E-state index contributed by atoms with van der Waals surface area (Å²) in [5.74, 6) is 0. The minimum atomic E-state index is -0.0521. The molecule has 11 aliphatic heterocycles. The number of nitrogens with zero attached hydrogens (tertiary/aromatic N) is 5. The molecular formula is C88H53B6N6. The monoisotopic (exact) mass is 1260 g/mol. The van der Waals surface area contributed by atoms with Crippen LogP contribution < -0.4 is 101 Å². The van der Waals surface area contributed by atoms with Gasteiger partial charge in [-0.15, -0.1) is 0 Å². The topological polar surface area (TPSA) is 28.2 Å². The van der Waals surface area contributed by atoms with E-state index in [0.29, 0.717) is 0 Å². The van der Waals surface area contributed by atoms with Crippen LogP contribution in [0.3, 0.4) is 0 Å². The molecule has 1 N–H and O–H groups in total. The Morgan fingerprint density at radius 1 is 0.280 bits per heavy atom. The van der Waals surface area contributed by atoms with Gasteiger partial charge in [-0.2, -0.15) is 0 Å². The molecular weight excluding hydrogens is 1210 g/mol. The fraction of sp³-hybridized carbons (Fsp3) is 0.0455. The summed E-state index contributed by atoms with van der Waals surface area (Å²) in [6, 6.07) is 103. The zero-order valence-corrected chi connectivity index (χ0v) is 54.4. The van der Waals surface area contributed by atoms with E-state index in [4.69, 9.17) is 0 Å². The van der Waals surface area contributed by atoms with Crippen LogP contribution in [0.1, 0.15) is 0 Å². The van der Waals surface area contributed by atoms with Crippen LogP contribution >= 0.6 is 0 Å². The van der Waals surface area contributed by atoms with Crippen LogP contribution in [0, 0.1) is 0 Å². The Morgan fingerprint density at radius 2 is 0.700 bits per heavy atom. The second kappa shape index (κ2) is 18.3. The maximum Gasteiger partial charge on any atom is 0.252 e. The molecule has 0 saturated carbocycles. The summed E-state index contributed by atoms with van der Waals surface area (Å²) in [6.07, 6.45) is 3.34. The Kier molecular flexibility index (Phi) is 9.60. The van der Waals surface area contributed by atoms with Crippen molar-refractivity contribution < 1.29 is 0 Å². The van der Waals surface area contributed by atoms with Crippen LogP contribution in [0.5, 0.6) is 0 Å². The van der Waals surface area contributed by atoms with Crippen molar-refractivity contribution in [2.45, 2.75) is 0 Å². The highest BCUT2D eigenvalue weighted by Gasteiger charge is 2.57. The fourth-order valence-electron chi connectivity index (χ4n) is 21.8. The van der Waals surface area contributed by atoms with Gasteiger partial charge in [0.15, 0.2) is 7.28 Å². The van der Waals surface area contributed by atoms with Crippen molar-refractivity contribution in [1.29, 1.82) is 0 Å². The van der Waals surface area contributed by atoms with Crippen LogP contribution in [-0.4, -0.2) is 66.6 Å². The summed E-state index contributed by atoms with van der Waals surface area (Å²) >= 11 is 0. The molecule has 100 heavy (non-hydrogen) atoms. The third-order valence-electron chi connectivity index (χ3n) is 25.5. The Labute approximate surface area is 581 Å². The lowest BCUT2D eigenvalue weighted by atomic mass is 9.28. The Hall–Kier alpha value is -11.7. The van der Waals surface area contributed by atoms with Crippen LogP contribution in [0.4, 0.5) is 73.9 Å². The van der Waals surface area contributed by atoms with Gasteiger partial charge in [-0.3, -0.25) is 0 Å². The lowest BCUT2D eigenvalue weighted by Gasteiger charge is -2.55. The molecule has 11 heterocycles. The number of para-hydroxylation sites is 3. The highest BCUT2D eigenvalue weighted by atomic mass is 15.2. The third-order valence-corrected chi connectivity index (χ3v) is 25.5. The highest BCUT2D eigenvalue weighted by molar-refractivity contribution is 7.05. The smallest absolute Gasteiger partial charge is 0.252 e. The van der Waals surface area contributed by atoms with Gasteiger partial charge in [0.1, 0.15) is 0 Å². The first-order valence-corrected chi connectivity index (χ1v) is 35.9. The lowest BCUT2D eigenvalue weighted by molar-refractivity contribution is 1.03. The Balaban J connectivity index is 0.869. The number of benzene rings is 15. The molecule has 0 saturated heterocycles. The molecule has 26 rings (SSSR count). The van der Waals surface area contributed by atoms with Gasteiger partial charge in [0.05, 0.1) is 5.69 Å². The van der Waals surface area contributed by atoms with E-state index in [1.54, 1.807) is 0 Å². The van der Waals surface area contributed by atoms with E-state index in [0.717, 1.165) is 25.8 Å². The summed E-state index contributed by atoms with van der Waals surface area (Å²) in [5.41, 5.74) is 45.7. The normalized spacial score (nSPS) is 15.6. The van der Waals surface area contributed by atoms with Crippen molar-refractivity contribution in [2.75, 3.05) is 55.6 Å². The van der Waals surface area contributed by atoms with Gasteiger partial charge in [0.25, 0.3) is 13.4 Å². The van der Waals surface area contributed by atoms with Gasteiger partial charge in [-0.05, 0) is 164 Å². The minimum absolute atomic E-state index is 0.0138. The van der Waals surface area contributed by atoms with Crippen LogP contribution in [-0.2, 0) is 0 Å². The Bertz CT molecular complexity index is 6390. The number of hydrogen-bond donors (Lipinski definition) is 1. The van der Waals surface area contributed by atoms with Gasteiger partial charge in [-0.1, -0.05) is 230 Å². The summed E-state index contributed by atoms with van der Waals surface area (Å²) in [5, 5.41) is 13.1. The van der Waals surface area contributed by atoms with Crippen molar-refractivity contribution in [3.8, 4) is 44.5 Å². The van der Waals surface area contributed by atoms with Crippen molar-refractivity contribution in [3.05, 3.63) is 267 Å². The number of fused-ring (bicyclic) bond motifs is 23. The lowest BCUT2D eigenvalue weighted by Crippen LogP contribution is -2.71. The quantitative estimate of drug-likeness (QED) is 0.107. The van der Waals surface area contributed by atoms with Gasteiger partial charge in [-0.25, -0.2) is 0 Å². The average Bonchev–Trinajstić information content (AvgIpc) is 0.641. The van der Waals surface area contributed by atoms with Gasteiger partial charge >= 0.3 is 0 Å². The molecule has 453 valence electrons. The molecule has 0 amide bonds. The first kappa shape index (κ1) is 52.4. The molecule has 0 unspecified atom stereocenters. The predicted octanol–water partition coefficient (Wildman–Crippen LogP) is 10.6. The second-order valence-electron chi connectivity index (χ2n) is 29.8. The maximum absolute atomic E-state index is 4.50. The van der Waals surface area contributed by atoms with E-state index in [2.05, 4.69) is 304 Å². The number of nitrogens with one attached hydrogen (secondary N) is 1. The molecule has 0 aliphatic carbocycles. The summed E-state index contributed by atoms with van der Waals surface area (Å²) < 4.78 is 0. The van der Waals surface area contributed by atoms with Crippen molar-refractivity contribution in [3.63, 3.8) is 0 Å². The number of rotatable bonds is 4. The number of hydrogen-bond acceptors (Lipinski definition) is 6. The van der Waals surface area contributed by atoms with Crippen molar-refractivity contribution in [1.82, 2.24) is 0 Å². The second-order valence-corrected chi connectivity index (χ2v) is 29.8. The van der Waals surface area contributed by atoms with Gasteiger partial charge in [0, 0.05) is 115 Å². The first-order valence-electron chi connectivity index (χ1n) is 35.9. The molecule has 0 spiro atoms. The zero-order chi connectivity index (χ0) is 64.2. The molecule has 6 nitrogen and oxygen atoms in total. The van der Waals surface area contributed by atoms with Gasteiger partial charge < -0.3 is 29.8 Å². The minimum Gasteiger partial charge on any atom is -0.384 e. The third kappa shape index (κ3) is 6.19. The van der Waals surface area contributed by atoms with Crippen LogP contribution in [0.2, 0.25) is 0 Å². The van der Waals surface area contributed by atoms with E-state index in [9.17, 15) is 0 Å². The van der Waals surface area contributed by atoms with E-state index in [-0.39, 0.29) is 33.6 Å². The van der Waals surface area contributed by atoms with E-state index >= 15 is 0 Å². The predicted molar refractivity (Wildman–Crippen MR) is 429 cm³/mol. The molecule has 0 fully saturated rings. The maximum atomic E-state index is 4.50. The van der Waals surface area contributed by atoms with Gasteiger partial charge in [0.2, 0.25) is 20.1 Å². The highest BCUT2D eigenvalue weighted by Crippen LogP contribution is 2.57. The molecule has 1 radical (unpaired) electrons. The van der Waals surface area contributed by atoms with E-state index in [1.807, 2.05) is 0 Å². The molecule has 12 heteroatoms. The number of anilines is 13. The van der Waals surface area contributed by atoms with E-state index < -0.39 is 0 Å². The summed E-state index contributed by atoms with van der Waals surface area (Å²) in [7, 11) is 2.71. The summed E-state index contributed by atoms with van der Waals surface area (Å²) in [6.45, 7) is 0.184. The van der Waals surface area contributed by atoms with E-state index in [1.165, 1.54) is 222 Å². The zero-order valence-electron chi connectivity index (χ0n) is 54.4. The van der Waals surface area contributed by atoms with Crippen LogP contribution in [0.15, 0.2) is 267 Å². The molecule has 0 aromatic heterocycles.